The lowest BCUT2D eigenvalue weighted by Gasteiger charge is -2.40. The molecule has 1 saturated heterocycles. The fourth-order valence-electron chi connectivity index (χ4n) is 4.78. The number of piperidine rings is 1. The predicted molar refractivity (Wildman–Crippen MR) is 146 cm³/mol. The number of nitrogens with zero attached hydrogens (tertiary/aromatic N) is 2. The van der Waals surface area contributed by atoms with E-state index in [2.05, 4.69) is 29.3 Å². The number of benzene rings is 2. The molecule has 7 nitrogen and oxygen atoms in total. The normalized spacial score (nSPS) is 19.4. The van der Waals surface area contributed by atoms with Gasteiger partial charge in [-0.05, 0) is 55.8 Å². The highest BCUT2D eigenvalue weighted by Gasteiger charge is 2.33. The molecule has 200 valence electrons. The number of hydrogen-bond donors (Lipinski definition) is 1. The Bertz CT molecular complexity index is 1020. The molecule has 0 amide bonds. The molecule has 0 aromatic heterocycles. The summed E-state index contributed by atoms with van der Waals surface area (Å²) < 4.78 is 32.8. The highest BCUT2D eigenvalue weighted by atomic mass is 35.5. The molecule has 2 aromatic rings. The van der Waals surface area contributed by atoms with Crippen molar-refractivity contribution >= 4 is 28.4 Å². The van der Waals surface area contributed by atoms with Gasteiger partial charge in [0.05, 0.1) is 24.1 Å². The molecule has 1 heterocycles. The fourth-order valence-corrected chi connectivity index (χ4v) is 6.01. The first kappa shape index (κ1) is 30.3. The van der Waals surface area contributed by atoms with Crippen LogP contribution in [0.2, 0.25) is 0 Å². The fraction of sp³-hybridized carbons (Fsp3) is 0.519. The second-order valence-electron chi connectivity index (χ2n) is 9.25. The van der Waals surface area contributed by atoms with E-state index in [0.717, 1.165) is 50.9 Å². The molecule has 3 atom stereocenters. The van der Waals surface area contributed by atoms with Gasteiger partial charge in [0.15, 0.2) is 0 Å². The number of likely N-dealkylation sites (tertiary alicyclic amines) is 1. The molecule has 0 bridgehead atoms. The van der Waals surface area contributed by atoms with E-state index in [4.69, 9.17) is 4.74 Å². The van der Waals surface area contributed by atoms with Crippen LogP contribution in [0.15, 0.2) is 65.6 Å². The van der Waals surface area contributed by atoms with Gasteiger partial charge in [-0.15, -0.1) is 12.4 Å². The summed E-state index contributed by atoms with van der Waals surface area (Å²) in [6, 6.07) is 18.7. The molecule has 1 N–H and O–H groups in total. The Hall–Kier alpha value is -1.97. The summed E-state index contributed by atoms with van der Waals surface area (Å²) in [6.07, 6.45) is 3.43. The van der Waals surface area contributed by atoms with Gasteiger partial charge in [-0.3, -0.25) is 9.69 Å². The maximum atomic E-state index is 13.2. The van der Waals surface area contributed by atoms with E-state index in [9.17, 15) is 13.2 Å². The summed E-state index contributed by atoms with van der Waals surface area (Å²) in [5.74, 6) is -0.176. The van der Waals surface area contributed by atoms with Gasteiger partial charge in [-0.1, -0.05) is 55.5 Å². The van der Waals surface area contributed by atoms with Gasteiger partial charge in [0.1, 0.15) is 0 Å². The second kappa shape index (κ2) is 14.7. The van der Waals surface area contributed by atoms with Crippen LogP contribution in [0.25, 0.3) is 0 Å². The van der Waals surface area contributed by atoms with Crippen LogP contribution in [-0.2, 0) is 19.6 Å². The van der Waals surface area contributed by atoms with Gasteiger partial charge in [-0.25, -0.2) is 12.7 Å². The number of nitrogens with one attached hydrogen (secondary N) is 1. The zero-order chi connectivity index (χ0) is 25.3. The molecule has 0 spiro atoms. The van der Waals surface area contributed by atoms with Crippen molar-refractivity contribution in [3.05, 3.63) is 66.2 Å². The number of ether oxygens (including phenoxy) is 1. The Balaban J connectivity index is 0.00000456. The third kappa shape index (κ3) is 8.02. The van der Waals surface area contributed by atoms with Crippen molar-refractivity contribution in [1.82, 2.24) is 14.5 Å². The highest BCUT2D eigenvalue weighted by Crippen LogP contribution is 2.27. The molecule has 1 aliphatic rings. The lowest BCUT2D eigenvalue weighted by atomic mass is 9.92. The van der Waals surface area contributed by atoms with Gasteiger partial charge < -0.3 is 10.1 Å². The molecule has 1 unspecified atom stereocenters. The minimum atomic E-state index is -3.57. The molecule has 1 fully saturated rings. The number of halogens is 1. The first-order valence-corrected chi connectivity index (χ1v) is 13.9. The van der Waals surface area contributed by atoms with E-state index in [1.54, 1.807) is 31.3 Å². The van der Waals surface area contributed by atoms with Crippen molar-refractivity contribution in [2.45, 2.75) is 49.6 Å². The van der Waals surface area contributed by atoms with Gasteiger partial charge in [-0.2, -0.15) is 0 Å². The molecule has 2 aromatic carbocycles. The number of hydrogen-bond acceptors (Lipinski definition) is 6. The van der Waals surface area contributed by atoms with Crippen molar-refractivity contribution in [2.75, 3.05) is 40.3 Å². The van der Waals surface area contributed by atoms with Crippen LogP contribution < -0.4 is 5.32 Å². The van der Waals surface area contributed by atoms with E-state index in [-0.39, 0.29) is 36.4 Å². The summed E-state index contributed by atoms with van der Waals surface area (Å²) in [4.78, 5) is 14.9. The van der Waals surface area contributed by atoms with E-state index in [1.807, 2.05) is 24.3 Å². The van der Waals surface area contributed by atoms with Crippen LogP contribution in [0.3, 0.4) is 0 Å². The second-order valence-corrected chi connectivity index (χ2v) is 11.3. The lowest BCUT2D eigenvalue weighted by Crippen LogP contribution is -2.52. The summed E-state index contributed by atoms with van der Waals surface area (Å²) in [7, 11) is -0.461. The summed E-state index contributed by atoms with van der Waals surface area (Å²) in [5, 5.41) is 3.59. The summed E-state index contributed by atoms with van der Waals surface area (Å²) >= 11 is 0. The Kier molecular flexibility index (Phi) is 12.3. The largest absolute Gasteiger partial charge is 0.469 e. The van der Waals surface area contributed by atoms with Gasteiger partial charge in [0.25, 0.3) is 0 Å². The van der Waals surface area contributed by atoms with Crippen molar-refractivity contribution in [3.8, 4) is 0 Å². The van der Waals surface area contributed by atoms with Gasteiger partial charge in [0, 0.05) is 26.7 Å². The van der Waals surface area contributed by atoms with E-state index in [0.29, 0.717) is 11.4 Å². The zero-order valence-electron chi connectivity index (χ0n) is 21.5. The van der Waals surface area contributed by atoms with E-state index >= 15 is 0 Å². The number of methoxy groups -OCH3 is 1. The molecule has 0 radical (unpaired) electrons. The van der Waals surface area contributed by atoms with Crippen molar-refractivity contribution in [3.63, 3.8) is 0 Å². The molecule has 9 heteroatoms. The minimum absolute atomic E-state index is 0. The minimum Gasteiger partial charge on any atom is -0.469 e. The average Bonchev–Trinajstić information content (AvgIpc) is 2.90. The van der Waals surface area contributed by atoms with Crippen molar-refractivity contribution in [2.24, 2.45) is 5.92 Å². The average molecular weight is 538 g/mol. The van der Waals surface area contributed by atoms with Gasteiger partial charge >= 0.3 is 5.97 Å². The Morgan fingerprint density at radius 1 is 1.14 bits per heavy atom. The quantitative estimate of drug-likeness (QED) is 0.410. The number of esters is 1. The Morgan fingerprint density at radius 3 is 2.39 bits per heavy atom. The van der Waals surface area contributed by atoms with Crippen LogP contribution in [0, 0.1) is 5.92 Å². The van der Waals surface area contributed by atoms with Crippen LogP contribution in [0.1, 0.15) is 44.1 Å². The number of rotatable bonds is 12. The van der Waals surface area contributed by atoms with Crippen molar-refractivity contribution < 1.29 is 17.9 Å². The summed E-state index contributed by atoms with van der Waals surface area (Å²) in [5.41, 5.74) is 1.13. The molecular formula is C27H40ClN3O4S. The number of carbonyl (C=O) groups excluding carboxylic acids is 1. The number of sulfonamides is 1. The third-order valence-electron chi connectivity index (χ3n) is 6.84. The van der Waals surface area contributed by atoms with Crippen LogP contribution in [0.5, 0.6) is 0 Å². The monoisotopic (exact) mass is 537 g/mol. The Morgan fingerprint density at radius 2 is 1.78 bits per heavy atom. The topological polar surface area (TPSA) is 79.0 Å². The maximum absolute atomic E-state index is 13.2. The standard InChI is InChI=1S/C27H39N3O4S.ClH/c1-4-17-28-26-20-23(27(31)34-3)15-18-30(26)19-16-24(22-11-7-5-8-12-22)21-29(2)35(32,33)25-13-9-6-10-14-25;/h5-14,23-24,26,28H,4,15-21H2,1-3H3;1H/t23-,24?,26+;/m0./s1. The van der Waals surface area contributed by atoms with E-state index in [1.165, 1.54) is 11.4 Å². The van der Waals surface area contributed by atoms with Gasteiger partial charge in [0.2, 0.25) is 10.0 Å². The number of likely N-dealkylation sites (N-methyl/N-ethyl adjacent to an activating group) is 1. The Labute approximate surface area is 222 Å². The SMILES string of the molecule is CCCN[C@H]1C[C@@H](C(=O)OC)CCN1CCC(CN(C)S(=O)(=O)c1ccccc1)c1ccccc1.Cl. The molecule has 0 saturated carbocycles. The number of carbonyl (C=O) groups is 1. The molecule has 1 aliphatic heterocycles. The van der Waals surface area contributed by atoms with Crippen molar-refractivity contribution in [1.29, 1.82) is 0 Å². The van der Waals surface area contributed by atoms with Crippen LogP contribution >= 0.6 is 12.4 Å². The predicted octanol–water partition coefficient (Wildman–Crippen LogP) is 4.11. The van der Waals surface area contributed by atoms with Crippen LogP contribution in [-0.4, -0.2) is 70.1 Å². The maximum Gasteiger partial charge on any atom is 0.308 e. The van der Waals surface area contributed by atoms with E-state index < -0.39 is 10.0 Å². The van der Waals surface area contributed by atoms with Crippen LogP contribution in [0.4, 0.5) is 0 Å². The molecule has 3 rings (SSSR count). The summed E-state index contributed by atoms with van der Waals surface area (Å²) in [6.45, 7) is 5.03. The molecular weight excluding hydrogens is 498 g/mol. The third-order valence-corrected chi connectivity index (χ3v) is 8.68. The zero-order valence-corrected chi connectivity index (χ0v) is 23.1. The molecule has 36 heavy (non-hydrogen) atoms. The smallest absolute Gasteiger partial charge is 0.308 e. The lowest BCUT2D eigenvalue weighted by molar-refractivity contribution is -0.148. The first-order valence-electron chi connectivity index (χ1n) is 12.5. The molecule has 0 aliphatic carbocycles. The highest BCUT2D eigenvalue weighted by molar-refractivity contribution is 7.89. The first-order chi connectivity index (χ1) is 16.9.